The number of nitrogens with zero attached hydrogens (tertiary/aromatic N) is 2. The van der Waals surface area contributed by atoms with E-state index in [1.807, 2.05) is 30.8 Å². The predicted octanol–water partition coefficient (Wildman–Crippen LogP) is 3.11. The van der Waals surface area contributed by atoms with Crippen LogP contribution in [0.5, 0.6) is 0 Å². The zero-order chi connectivity index (χ0) is 12.1. The molecule has 4 heteroatoms. The average Bonchev–Trinajstić information content (AvgIpc) is 2.96. The standard InChI is InChI=1S/C13H19N3S/c1-3-5-11(12-6-4-9-17-12)15-10-13-14-7-8-16(13)2/h4,6-9,11,15H,3,5,10H2,1-2H3. The van der Waals surface area contributed by atoms with Gasteiger partial charge >= 0.3 is 0 Å². The van der Waals surface area contributed by atoms with Crippen LogP contribution in [0.25, 0.3) is 0 Å². The molecule has 92 valence electrons. The van der Waals surface area contributed by atoms with Crippen LogP contribution in [0.4, 0.5) is 0 Å². The van der Waals surface area contributed by atoms with E-state index in [4.69, 9.17) is 0 Å². The lowest BCUT2D eigenvalue weighted by Gasteiger charge is -2.16. The van der Waals surface area contributed by atoms with Gasteiger partial charge in [0.25, 0.3) is 0 Å². The Morgan fingerprint density at radius 2 is 2.41 bits per heavy atom. The van der Waals surface area contributed by atoms with E-state index in [0.717, 1.165) is 12.4 Å². The van der Waals surface area contributed by atoms with Gasteiger partial charge in [-0.1, -0.05) is 19.4 Å². The Balaban J connectivity index is 1.97. The van der Waals surface area contributed by atoms with Crippen molar-refractivity contribution in [3.8, 4) is 0 Å². The molecule has 2 rings (SSSR count). The predicted molar refractivity (Wildman–Crippen MR) is 72.0 cm³/mol. The van der Waals surface area contributed by atoms with Crippen LogP contribution in [0.1, 0.15) is 36.5 Å². The van der Waals surface area contributed by atoms with Crippen LogP contribution in [0.15, 0.2) is 29.9 Å². The summed E-state index contributed by atoms with van der Waals surface area (Å²) >= 11 is 1.82. The number of hydrogen-bond acceptors (Lipinski definition) is 3. The quantitative estimate of drug-likeness (QED) is 0.852. The van der Waals surface area contributed by atoms with Gasteiger partial charge in [0.05, 0.1) is 6.54 Å². The normalized spacial score (nSPS) is 12.8. The first-order valence-electron chi connectivity index (χ1n) is 6.04. The van der Waals surface area contributed by atoms with Crippen molar-refractivity contribution >= 4 is 11.3 Å². The van der Waals surface area contributed by atoms with Crippen molar-refractivity contribution in [3.63, 3.8) is 0 Å². The Morgan fingerprint density at radius 1 is 1.53 bits per heavy atom. The van der Waals surface area contributed by atoms with Gasteiger partial charge in [-0.15, -0.1) is 11.3 Å². The van der Waals surface area contributed by atoms with Crippen molar-refractivity contribution in [2.24, 2.45) is 7.05 Å². The number of thiophene rings is 1. The lowest BCUT2D eigenvalue weighted by molar-refractivity contribution is 0.486. The first-order valence-corrected chi connectivity index (χ1v) is 6.92. The summed E-state index contributed by atoms with van der Waals surface area (Å²) in [7, 11) is 2.03. The van der Waals surface area contributed by atoms with Gasteiger partial charge in [-0.05, 0) is 17.9 Å². The molecule has 0 aliphatic carbocycles. The smallest absolute Gasteiger partial charge is 0.122 e. The van der Waals surface area contributed by atoms with Gasteiger partial charge in [0.2, 0.25) is 0 Å². The van der Waals surface area contributed by atoms with E-state index in [2.05, 4.69) is 39.3 Å². The minimum absolute atomic E-state index is 0.455. The topological polar surface area (TPSA) is 29.9 Å². The van der Waals surface area contributed by atoms with Crippen molar-refractivity contribution in [2.45, 2.75) is 32.4 Å². The molecule has 1 N–H and O–H groups in total. The SMILES string of the molecule is CCCC(NCc1nccn1C)c1cccs1. The second-order valence-corrected chi connectivity index (χ2v) is 5.17. The van der Waals surface area contributed by atoms with Gasteiger partial charge in [0.1, 0.15) is 5.82 Å². The molecule has 2 aromatic heterocycles. The van der Waals surface area contributed by atoms with Crippen LogP contribution < -0.4 is 5.32 Å². The van der Waals surface area contributed by atoms with Gasteiger partial charge in [-0.3, -0.25) is 0 Å². The summed E-state index contributed by atoms with van der Waals surface area (Å²) in [6.45, 7) is 3.05. The summed E-state index contributed by atoms with van der Waals surface area (Å²) in [6.07, 6.45) is 6.19. The first-order chi connectivity index (χ1) is 8.31. The number of aromatic nitrogens is 2. The Hall–Kier alpha value is -1.13. The van der Waals surface area contributed by atoms with Crippen LogP contribution >= 0.6 is 11.3 Å². The maximum Gasteiger partial charge on any atom is 0.122 e. The van der Waals surface area contributed by atoms with Crippen molar-refractivity contribution in [2.75, 3.05) is 0 Å². The van der Waals surface area contributed by atoms with Crippen molar-refractivity contribution < 1.29 is 0 Å². The van der Waals surface area contributed by atoms with E-state index in [1.165, 1.54) is 17.7 Å². The molecule has 2 heterocycles. The molecule has 0 fully saturated rings. The Morgan fingerprint density at radius 3 is 3.00 bits per heavy atom. The van der Waals surface area contributed by atoms with Gasteiger partial charge in [0.15, 0.2) is 0 Å². The molecule has 0 aromatic carbocycles. The number of aryl methyl sites for hydroxylation is 1. The highest BCUT2D eigenvalue weighted by molar-refractivity contribution is 7.10. The largest absolute Gasteiger partial charge is 0.337 e. The van der Waals surface area contributed by atoms with Crippen LogP contribution in [-0.4, -0.2) is 9.55 Å². The second-order valence-electron chi connectivity index (χ2n) is 4.19. The zero-order valence-corrected chi connectivity index (χ0v) is 11.2. The third kappa shape index (κ3) is 3.17. The van der Waals surface area contributed by atoms with Crippen molar-refractivity contribution in [3.05, 3.63) is 40.6 Å². The average molecular weight is 249 g/mol. The molecule has 0 aliphatic rings. The molecule has 0 amide bonds. The van der Waals surface area contributed by atoms with E-state index < -0.39 is 0 Å². The van der Waals surface area contributed by atoms with E-state index in [1.54, 1.807) is 0 Å². The summed E-state index contributed by atoms with van der Waals surface area (Å²) in [6, 6.07) is 4.78. The molecule has 0 aliphatic heterocycles. The Bertz CT molecular complexity index is 433. The van der Waals surface area contributed by atoms with Crippen molar-refractivity contribution in [1.29, 1.82) is 0 Å². The van der Waals surface area contributed by atoms with Gasteiger partial charge < -0.3 is 9.88 Å². The highest BCUT2D eigenvalue weighted by Gasteiger charge is 2.11. The van der Waals surface area contributed by atoms with Crippen LogP contribution in [-0.2, 0) is 13.6 Å². The van der Waals surface area contributed by atoms with E-state index >= 15 is 0 Å². The van der Waals surface area contributed by atoms with Gasteiger partial charge in [0, 0.05) is 30.4 Å². The molecule has 1 atom stereocenters. The number of nitrogens with one attached hydrogen (secondary N) is 1. The number of imidazole rings is 1. The summed E-state index contributed by atoms with van der Waals surface area (Å²) < 4.78 is 2.06. The lowest BCUT2D eigenvalue weighted by Crippen LogP contribution is -2.21. The maximum absolute atomic E-state index is 4.33. The molecule has 17 heavy (non-hydrogen) atoms. The summed E-state index contributed by atoms with van der Waals surface area (Å²) in [5.41, 5.74) is 0. The molecule has 1 unspecified atom stereocenters. The zero-order valence-electron chi connectivity index (χ0n) is 10.4. The van der Waals surface area contributed by atoms with Crippen LogP contribution in [0.3, 0.4) is 0 Å². The molecule has 2 aromatic rings. The van der Waals surface area contributed by atoms with Gasteiger partial charge in [-0.25, -0.2) is 4.98 Å². The third-order valence-electron chi connectivity index (χ3n) is 2.89. The summed E-state index contributed by atoms with van der Waals surface area (Å²) in [4.78, 5) is 5.75. The van der Waals surface area contributed by atoms with E-state index in [9.17, 15) is 0 Å². The van der Waals surface area contributed by atoms with Crippen LogP contribution in [0.2, 0.25) is 0 Å². The van der Waals surface area contributed by atoms with Crippen molar-refractivity contribution in [1.82, 2.24) is 14.9 Å². The maximum atomic E-state index is 4.33. The molecule has 0 bridgehead atoms. The summed E-state index contributed by atoms with van der Waals surface area (Å²) in [5, 5.41) is 5.73. The second kappa shape index (κ2) is 5.98. The van der Waals surface area contributed by atoms with E-state index in [0.29, 0.717) is 6.04 Å². The minimum atomic E-state index is 0.455. The fraction of sp³-hybridized carbons (Fsp3) is 0.462. The van der Waals surface area contributed by atoms with E-state index in [-0.39, 0.29) is 0 Å². The monoisotopic (exact) mass is 249 g/mol. The first kappa shape index (κ1) is 12.3. The van der Waals surface area contributed by atoms with Crippen LogP contribution in [0, 0.1) is 0 Å². The highest BCUT2D eigenvalue weighted by Crippen LogP contribution is 2.23. The molecule has 3 nitrogen and oxygen atoms in total. The van der Waals surface area contributed by atoms with Gasteiger partial charge in [-0.2, -0.15) is 0 Å². The minimum Gasteiger partial charge on any atom is -0.337 e. The fourth-order valence-electron chi connectivity index (χ4n) is 1.90. The lowest BCUT2D eigenvalue weighted by atomic mass is 10.1. The summed E-state index contributed by atoms with van der Waals surface area (Å²) in [5.74, 6) is 1.09. The number of rotatable bonds is 6. The Labute approximate surface area is 107 Å². The molecular formula is C13H19N3S. The molecule has 0 radical (unpaired) electrons. The molecule has 0 spiro atoms. The highest BCUT2D eigenvalue weighted by atomic mass is 32.1. The number of hydrogen-bond donors (Lipinski definition) is 1. The molecular weight excluding hydrogens is 230 g/mol. The fourth-order valence-corrected chi connectivity index (χ4v) is 2.74. The molecule has 0 saturated heterocycles. The Kier molecular flexibility index (Phi) is 4.34. The third-order valence-corrected chi connectivity index (χ3v) is 3.88. The molecule has 0 saturated carbocycles.